The fourth-order valence-electron chi connectivity index (χ4n) is 0.454. The lowest BCUT2D eigenvalue weighted by Gasteiger charge is -1.97. The molecule has 0 saturated carbocycles. The molecule has 0 fully saturated rings. The Balaban J connectivity index is 0. The molecule has 0 unspecified atom stereocenters. The van der Waals surface area contributed by atoms with Crippen LogP contribution < -0.4 is 5.73 Å². The molecule has 0 aromatic carbocycles. The quantitative estimate of drug-likeness (QED) is 0.395. The number of carbonyl (C=O) groups excluding carboxylic acids is 2. The summed E-state index contributed by atoms with van der Waals surface area (Å²) in [5.74, 6) is -0.981. The molecule has 0 aliphatic carbocycles. The predicted octanol–water partition coefficient (Wildman–Crippen LogP) is 0.536. The van der Waals surface area contributed by atoms with Crippen LogP contribution in [-0.2, 0) is 14.3 Å². The van der Waals surface area contributed by atoms with E-state index in [-0.39, 0.29) is 18.1 Å². The maximum Gasteiger partial charge on any atom is 0.330 e. The molecule has 0 spiro atoms. The van der Waals surface area contributed by atoms with Crippen LogP contribution in [0.15, 0.2) is 24.8 Å². The number of esters is 1. The summed E-state index contributed by atoms with van der Waals surface area (Å²) in [4.78, 5) is 20.2. The second-order valence-electron chi connectivity index (χ2n) is 2.85. The van der Waals surface area contributed by atoms with Crippen LogP contribution >= 0.6 is 0 Å². The number of unbranched alkanes of at least 4 members (excludes halogenated alkanes) is 1. The van der Waals surface area contributed by atoms with Crippen LogP contribution in [0.25, 0.3) is 0 Å². The molecule has 3 N–H and O–H groups in total. The van der Waals surface area contributed by atoms with Crippen molar-refractivity contribution in [2.24, 2.45) is 5.73 Å². The third kappa shape index (κ3) is 12.4. The average molecular weight is 229 g/mol. The van der Waals surface area contributed by atoms with Crippen LogP contribution in [0.5, 0.6) is 0 Å². The Bertz CT molecular complexity index is 248. The van der Waals surface area contributed by atoms with Crippen molar-refractivity contribution >= 4 is 11.9 Å². The molecule has 0 heterocycles. The molecule has 5 heteroatoms. The molecular weight excluding hydrogens is 210 g/mol. The molecule has 5 nitrogen and oxygen atoms in total. The normalized spacial score (nSPS) is 8.38. The Kier molecular flexibility index (Phi) is 12.0. The van der Waals surface area contributed by atoms with Gasteiger partial charge in [-0.05, 0) is 6.42 Å². The van der Waals surface area contributed by atoms with Gasteiger partial charge >= 0.3 is 5.97 Å². The number of hydrogen-bond donors (Lipinski definition) is 2. The highest BCUT2D eigenvalue weighted by atomic mass is 16.5. The molecule has 0 rings (SSSR count). The fraction of sp³-hybridized carbons (Fsp3) is 0.455. The van der Waals surface area contributed by atoms with E-state index in [1.54, 1.807) is 0 Å². The maximum absolute atomic E-state index is 10.3. The van der Waals surface area contributed by atoms with Crippen LogP contribution in [0.1, 0.15) is 19.8 Å². The Morgan fingerprint density at radius 2 is 2.06 bits per heavy atom. The number of primary amides is 1. The molecule has 0 bridgehead atoms. The van der Waals surface area contributed by atoms with Crippen molar-refractivity contribution in [2.75, 3.05) is 13.2 Å². The number of ether oxygens (including phenoxy) is 1. The lowest BCUT2D eigenvalue weighted by Crippen LogP contribution is -2.14. The molecule has 0 radical (unpaired) electrons. The number of aliphatic hydroxyl groups excluding tert-OH is 1. The average Bonchev–Trinajstić information content (AvgIpc) is 2.28. The van der Waals surface area contributed by atoms with Gasteiger partial charge in [0.25, 0.3) is 0 Å². The van der Waals surface area contributed by atoms with Crippen molar-refractivity contribution in [3.63, 3.8) is 0 Å². The minimum absolute atomic E-state index is 0.0417. The van der Waals surface area contributed by atoms with Crippen LogP contribution in [0.4, 0.5) is 0 Å². The Hall–Kier alpha value is -1.62. The van der Waals surface area contributed by atoms with E-state index < -0.39 is 5.91 Å². The molecule has 92 valence electrons. The smallest absolute Gasteiger partial charge is 0.330 e. The SMILES string of the molecule is C=C(CO)C(N)=O.C=CC(=O)OCCCC. The van der Waals surface area contributed by atoms with Gasteiger partial charge in [-0.2, -0.15) is 0 Å². The third-order valence-corrected chi connectivity index (χ3v) is 1.45. The summed E-state index contributed by atoms with van der Waals surface area (Å²) >= 11 is 0. The Morgan fingerprint density at radius 3 is 2.31 bits per heavy atom. The van der Waals surface area contributed by atoms with Gasteiger partial charge < -0.3 is 15.6 Å². The van der Waals surface area contributed by atoms with Crippen LogP contribution in [0.2, 0.25) is 0 Å². The van der Waals surface area contributed by atoms with E-state index in [2.05, 4.69) is 23.6 Å². The van der Waals surface area contributed by atoms with Crippen molar-refractivity contribution in [2.45, 2.75) is 19.8 Å². The zero-order valence-corrected chi connectivity index (χ0v) is 9.57. The fourth-order valence-corrected chi connectivity index (χ4v) is 0.454. The van der Waals surface area contributed by atoms with Gasteiger partial charge in [0.15, 0.2) is 0 Å². The van der Waals surface area contributed by atoms with Crippen molar-refractivity contribution in [3.05, 3.63) is 24.8 Å². The number of aliphatic hydroxyl groups is 1. The van der Waals surface area contributed by atoms with Crippen molar-refractivity contribution < 1.29 is 19.4 Å². The van der Waals surface area contributed by atoms with Crippen molar-refractivity contribution in [3.8, 4) is 0 Å². The van der Waals surface area contributed by atoms with Crippen LogP contribution in [-0.4, -0.2) is 30.2 Å². The number of amides is 1. The van der Waals surface area contributed by atoms with E-state index in [0.29, 0.717) is 6.61 Å². The minimum atomic E-state index is -0.650. The van der Waals surface area contributed by atoms with E-state index in [9.17, 15) is 9.59 Å². The zero-order valence-electron chi connectivity index (χ0n) is 9.57. The highest BCUT2D eigenvalue weighted by Gasteiger charge is 1.94. The van der Waals surface area contributed by atoms with Gasteiger partial charge in [0.2, 0.25) is 5.91 Å². The first-order valence-electron chi connectivity index (χ1n) is 4.87. The van der Waals surface area contributed by atoms with Gasteiger partial charge in [-0.1, -0.05) is 26.5 Å². The number of nitrogens with two attached hydrogens (primary N) is 1. The summed E-state index contributed by atoms with van der Waals surface area (Å²) in [5, 5.41) is 8.10. The molecule has 0 atom stereocenters. The second-order valence-corrected chi connectivity index (χ2v) is 2.85. The Labute approximate surface area is 95.6 Å². The third-order valence-electron chi connectivity index (χ3n) is 1.45. The Morgan fingerprint density at radius 1 is 1.50 bits per heavy atom. The number of hydrogen-bond acceptors (Lipinski definition) is 4. The lowest BCUT2D eigenvalue weighted by molar-refractivity contribution is -0.137. The molecule has 0 aliphatic rings. The minimum Gasteiger partial charge on any atom is -0.463 e. The van der Waals surface area contributed by atoms with E-state index in [1.807, 2.05) is 6.92 Å². The second kappa shape index (κ2) is 11.5. The molecule has 0 aromatic rings. The van der Waals surface area contributed by atoms with Crippen molar-refractivity contribution in [1.82, 2.24) is 0 Å². The largest absolute Gasteiger partial charge is 0.463 e. The van der Waals surface area contributed by atoms with E-state index in [4.69, 9.17) is 5.11 Å². The monoisotopic (exact) mass is 229 g/mol. The molecule has 1 amide bonds. The van der Waals surface area contributed by atoms with Gasteiger partial charge in [0, 0.05) is 11.6 Å². The summed E-state index contributed by atoms with van der Waals surface area (Å²) in [6.07, 6.45) is 3.15. The highest BCUT2D eigenvalue weighted by molar-refractivity contribution is 5.91. The van der Waals surface area contributed by atoms with Gasteiger partial charge in [-0.3, -0.25) is 4.79 Å². The predicted molar refractivity (Wildman–Crippen MR) is 61.5 cm³/mol. The van der Waals surface area contributed by atoms with Crippen molar-refractivity contribution in [1.29, 1.82) is 0 Å². The highest BCUT2D eigenvalue weighted by Crippen LogP contribution is 1.88. The molecular formula is C11H19NO4. The summed E-state index contributed by atoms with van der Waals surface area (Å²) in [7, 11) is 0. The molecule has 0 saturated heterocycles. The first-order chi connectivity index (χ1) is 7.49. The zero-order chi connectivity index (χ0) is 13.0. The topological polar surface area (TPSA) is 89.6 Å². The van der Waals surface area contributed by atoms with Gasteiger partial charge in [-0.25, -0.2) is 4.79 Å². The first kappa shape index (κ1) is 16.8. The molecule has 16 heavy (non-hydrogen) atoms. The molecule has 0 aliphatic heterocycles. The van der Waals surface area contributed by atoms with Gasteiger partial charge in [0.1, 0.15) is 0 Å². The number of carbonyl (C=O) groups is 2. The summed E-state index contributed by atoms with van der Waals surface area (Å²) in [6, 6.07) is 0. The summed E-state index contributed by atoms with van der Waals surface area (Å²) in [6.45, 7) is 8.62. The van der Waals surface area contributed by atoms with Crippen LogP contribution in [0, 0.1) is 0 Å². The van der Waals surface area contributed by atoms with Gasteiger partial charge in [0.05, 0.1) is 13.2 Å². The maximum atomic E-state index is 10.3. The standard InChI is InChI=1S/C7H12O2.C4H7NO2/c1-3-5-6-9-7(8)4-2;1-3(2-6)4(5)7/h4H,2-3,5-6H2,1H3;6H,1-2H2,(H2,5,7). The first-order valence-corrected chi connectivity index (χ1v) is 4.87. The summed E-state index contributed by atoms with van der Waals surface area (Å²) < 4.78 is 4.67. The van der Waals surface area contributed by atoms with E-state index in [0.717, 1.165) is 12.8 Å². The summed E-state index contributed by atoms with van der Waals surface area (Å²) in [5.41, 5.74) is 4.69. The lowest BCUT2D eigenvalue weighted by atomic mass is 10.3. The van der Waals surface area contributed by atoms with E-state index in [1.165, 1.54) is 6.08 Å². The van der Waals surface area contributed by atoms with Gasteiger partial charge in [-0.15, -0.1) is 0 Å². The number of rotatable bonds is 6. The van der Waals surface area contributed by atoms with Crippen LogP contribution in [0.3, 0.4) is 0 Å². The molecule has 0 aromatic heterocycles. The van der Waals surface area contributed by atoms with E-state index >= 15 is 0 Å².